The molecule has 1 saturated heterocycles. The summed E-state index contributed by atoms with van der Waals surface area (Å²) in [6.45, 7) is 0.799. The molecule has 1 spiro atoms. The van der Waals surface area contributed by atoms with Crippen LogP contribution in [0.4, 0.5) is 0 Å². The van der Waals surface area contributed by atoms with E-state index in [0.29, 0.717) is 4.83 Å². The van der Waals surface area contributed by atoms with E-state index in [-0.39, 0.29) is 11.7 Å². The maximum Gasteiger partial charge on any atom is 0.106 e. The molecule has 1 N–H and O–H groups in total. The summed E-state index contributed by atoms with van der Waals surface area (Å²) in [5.74, 6) is 0. The summed E-state index contributed by atoms with van der Waals surface area (Å²) in [5.41, 5.74) is -0.222. The van der Waals surface area contributed by atoms with Gasteiger partial charge in [0, 0.05) is 11.4 Å². The van der Waals surface area contributed by atoms with Crippen LogP contribution in [-0.2, 0) is 4.74 Å². The number of ether oxygens (including phenoxy) is 1. The minimum absolute atomic E-state index is 0.222. The van der Waals surface area contributed by atoms with E-state index >= 15 is 0 Å². The highest BCUT2D eigenvalue weighted by Crippen LogP contribution is 2.44. The van der Waals surface area contributed by atoms with E-state index in [1.807, 2.05) is 0 Å². The fourth-order valence-electron chi connectivity index (χ4n) is 2.20. The molecule has 0 aromatic heterocycles. The van der Waals surface area contributed by atoms with E-state index in [1.54, 1.807) is 0 Å². The molecule has 2 rings (SSSR count). The SMILES string of the molecule is O[C@@H]1CCC[C@@]12OCCC2Br. The quantitative estimate of drug-likeness (QED) is 0.627. The summed E-state index contributed by atoms with van der Waals surface area (Å²) >= 11 is 3.58. The Labute approximate surface area is 75.1 Å². The second-order valence-electron chi connectivity index (χ2n) is 3.47. The average molecular weight is 221 g/mol. The van der Waals surface area contributed by atoms with Crippen LogP contribution in [0.1, 0.15) is 25.7 Å². The Bertz CT molecular complexity index is 142. The second kappa shape index (κ2) is 2.71. The molecular weight excluding hydrogens is 208 g/mol. The Hall–Kier alpha value is 0.400. The van der Waals surface area contributed by atoms with Crippen molar-refractivity contribution in [1.82, 2.24) is 0 Å². The zero-order chi connectivity index (χ0) is 7.90. The van der Waals surface area contributed by atoms with Crippen molar-refractivity contribution in [2.75, 3.05) is 6.61 Å². The highest BCUT2D eigenvalue weighted by atomic mass is 79.9. The summed E-state index contributed by atoms with van der Waals surface area (Å²) in [5, 5.41) is 9.69. The fourth-order valence-corrected chi connectivity index (χ4v) is 3.06. The Morgan fingerprint density at radius 3 is 2.73 bits per heavy atom. The van der Waals surface area contributed by atoms with Crippen molar-refractivity contribution in [2.24, 2.45) is 0 Å². The van der Waals surface area contributed by atoms with E-state index in [0.717, 1.165) is 32.3 Å². The summed E-state index contributed by atoms with van der Waals surface area (Å²) in [7, 11) is 0. The zero-order valence-electron chi connectivity index (χ0n) is 6.42. The van der Waals surface area contributed by atoms with Crippen molar-refractivity contribution in [1.29, 1.82) is 0 Å². The second-order valence-corrected chi connectivity index (χ2v) is 4.57. The van der Waals surface area contributed by atoms with Gasteiger partial charge in [-0.3, -0.25) is 0 Å². The largest absolute Gasteiger partial charge is 0.390 e. The third kappa shape index (κ3) is 1.05. The number of rotatable bonds is 0. The molecule has 11 heavy (non-hydrogen) atoms. The topological polar surface area (TPSA) is 29.5 Å². The molecule has 1 heterocycles. The van der Waals surface area contributed by atoms with Crippen LogP contribution >= 0.6 is 15.9 Å². The molecule has 2 fully saturated rings. The minimum atomic E-state index is -0.241. The van der Waals surface area contributed by atoms with Gasteiger partial charge in [-0.1, -0.05) is 15.9 Å². The number of aliphatic hydroxyl groups is 1. The third-order valence-corrected chi connectivity index (χ3v) is 4.11. The van der Waals surface area contributed by atoms with Gasteiger partial charge in [0.15, 0.2) is 0 Å². The van der Waals surface area contributed by atoms with Crippen molar-refractivity contribution in [3.05, 3.63) is 0 Å². The first-order chi connectivity index (χ1) is 5.26. The summed E-state index contributed by atoms with van der Waals surface area (Å²) in [6.07, 6.45) is 3.82. The predicted molar refractivity (Wildman–Crippen MR) is 45.9 cm³/mol. The third-order valence-electron chi connectivity index (χ3n) is 2.88. The first-order valence-corrected chi connectivity index (χ1v) is 5.13. The molecule has 0 aromatic carbocycles. The van der Waals surface area contributed by atoms with E-state index in [4.69, 9.17) is 4.74 Å². The van der Waals surface area contributed by atoms with Gasteiger partial charge in [0.2, 0.25) is 0 Å². The smallest absolute Gasteiger partial charge is 0.106 e. The molecule has 0 radical (unpaired) electrons. The van der Waals surface area contributed by atoms with E-state index < -0.39 is 0 Å². The first kappa shape index (κ1) is 8.02. The standard InChI is InChI=1S/C8H13BrO2/c9-6-3-5-11-8(6)4-1-2-7(8)10/h6-7,10H,1-5H2/t6?,7-,8+/m1/s1. The molecule has 1 aliphatic carbocycles. The molecule has 1 aliphatic heterocycles. The lowest BCUT2D eigenvalue weighted by atomic mass is 9.96. The van der Waals surface area contributed by atoms with Gasteiger partial charge < -0.3 is 9.84 Å². The van der Waals surface area contributed by atoms with Crippen LogP contribution in [0.15, 0.2) is 0 Å². The van der Waals surface area contributed by atoms with Gasteiger partial charge in [0.05, 0.1) is 6.10 Å². The van der Waals surface area contributed by atoms with Gasteiger partial charge in [-0.2, -0.15) is 0 Å². The van der Waals surface area contributed by atoms with Crippen molar-refractivity contribution < 1.29 is 9.84 Å². The highest BCUT2D eigenvalue weighted by Gasteiger charge is 2.51. The lowest BCUT2D eigenvalue weighted by molar-refractivity contribution is -0.0666. The minimum Gasteiger partial charge on any atom is -0.390 e. The van der Waals surface area contributed by atoms with Crippen molar-refractivity contribution in [3.8, 4) is 0 Å². The number of halogens is 1. The molecule has 0 aromatic rings. The number of hydrogen-bond donors (Lipinski definition) is 1. The molecule has 0 amide bonds. The van der Waals surface area contributed by atoms with Crippen LogP contribution in [0.25, 0.3) is 0 Å². The molecule has 2 aliphatic rings. The van der Waals surface area contributed by atoms with Crippen LogP contribution in [-0.4, -0.2) is 28.2 Å². The van der Waals surface area contributed by atoms with Crippen LogP contribution in [0.5, 0.6) is 0 Å². The van der Waals surface area contributed by atoms with Crippen LogP contribution in [0.2, 0.25) is 0 Å². The maximum absolute atomic E-state index is 9.69. The lowest BCUT2D eigenvalue weighted by Crippen LogP contribution is -2.43. The Kier molecular flexibility index (Phi) is 1.98. The number of aliphatic hydroxyl groups excluding tert-OH is 1. The molecule has 64 valence electrons. The molecule has 0 bridgehead atoms. The van der Waals surface area contributed by atoms with Gasteiger partial charge in [-0.25, -0.2) is 0 Å². The first-order valence-electron chi connectivity index (χ1n) is 4.22. The fraction of sp³-hybridized carbons (Fsp3) is 1.00. The number of alkyl halides is 1. The Morgan fingerprint density at radius 2 is 2.27 bits per heavy atom. The summed E-state index contributed by atoms with van der Waals surface area (Å²) < 4.78 is 5.63. The van der Waals surface area contributed by atoms with E-state index in [9.17, 15) is 5.11 Å². The highest BCUT2D eigenvalue weighted by molar-refractivity contribution is 9.09. The van der Waals surface area contributed by atoms with Crippen LogP contribution < -0.4 is 0 Å². The normalized spacial score (nSPS) is 50.7. The van der Waals surface area contributed by atoms with E-state index in [2.05, 4.69) is 15.9 Å². The van der Waals surface area contributed by atoms with Gasteiger partial charge >= 0.3 is 0 Å². The number of hydrogen-bond acceptors (Lipinski definition) is 2. The van der Waals surface area contributed by atoms with Crippen LogP contribution in [0.3, 0.4) is 0 Å². The molecule has 1 unspecified atom stereocenters. The molecule has 3 atom stereocenters. The molecular formula is C8H13BrO2. The molecule has 2 nitrogen and oxygen atoms in total. The van der Waals surface area contributed by atoms with Crippen molar-refractivity contribution >= 4 is 15.9 Å². The monoisotopic (exact) mass is 220 g/mol. The maximum atomic E-state index is 9.69. The average Bonchev–Trinajstić information content (AvgIpc) is 2.48. The molecule has 1 saturated carbocycles. The summed E-state index contributed by atoms with van der Waals surface area (Å²) in [4.78, 5) is 0.368. The lowest BCUT2D eigenvalue weighted by Gasteiger charge is -2.30. The van der Waals surface area contributed by atoms with Gasteiger partial charge in [0.25, 0.3) is 0 Å². The van der Waals surface area contributed by atoms with E-state index in [1.165, 1.54) is 0 Å². The van der Waals surface area contributed by atoms with Gasteiger partial charge in [-0.05, 0) is 25.7 Å². The van der Waals surface area contributed by atoms with Crippen molar-refractivity contribution in [3.63, 3.8) is 0 Å². The predicted octanol–water partition coefficient (Wildman–Crippen LogP) is 1.45. The Balaban J connectivity index is 2.19. The zero-order valence-corrected chi connectivity index (χ0v) is 8.01. The molecule has 3 heteroatoms. The van der Waals surface area contributed by atoms with Crippen LogP contribution in [0, 0.1) is 0 Å². The Morgan fingerprint density at radius 1 is 1.45 bits per heavy atom. The van der Waals surface area contributed by atoms with Crippen molar-refractivity contribution in [2.45, 2.75) is 42.2 Å². The van der Waals surface area contributed by atoms with Gasteiger partial charge in [-0.15, -0.1) is 0 Å². The van der Waals surface area contributed by atoms with Gasteiger partial charge in [0.1, 0.15) is 5.60 Å². The summed E-state index contributed by atoms with van der Waals surface area (Å²) in [6, 6.07) is 0.